The Labute approximate surface area is 131 Å². The molecule has 20 heavy (non-hydrogen) atoms. The molecule has 3 N–H and O–H groups in total. The number of thioether (sulfide) groups is 1. The van der Waals surface area contributed by atoms with Crippen LogP contribution in [0.25, 0.3) is 0 Å². The molecule has 0 aliphatic carbocycles. The molecule has 0 heterocycles. The van der Waals surface area contributed by atoms with E-state index >= 15 is 0 Å². The van der Waals surface area contributed by atoms with E-state index in [0.29, 0.717) is 17.8 Å². The Morgan fingerprint density at radius 2 is 1.95 bits per heavy atom. The van der Waals surface area contributed by atoms with Crippen molar-refractivity contribution >= 4 is 39.3 Å². The lowest BCUT2D eigenvalue weighted by Crippen LogP contribution is -2.25. The number of nitrogens with one attached hydrogen (secondary N) is 1. The molecule has 0 saturated heterocycles. The van der Waals surface area contributed by atoms with Gasteiger partial charge < -0.3 is 11.1 Å². The quantitative estimate of drug-likeness (QED) is 0.492. The first kappa shape index (κ1) is 14.9. The summed E-state index contributed by atoms with van der Waals surface area (Å²) in [6.45, 7) is 0.619. The molecule has 3 nitrogen and oxygen atoms in total. The number of nitrogen functional groups attached to an aromatic ring is 1. The topological polar surface area (TPSA) is 55.1 Å². The molecule has 2 aromatic carbocycles. The number of anilines is 1. The maximum atomic E-state index is 11.9. The maximum absolute atomic E-state index is 11.9. The number of hydrogen-bond acceptors (Lipinski definition) is 3. The molecule has 0 aliphatic rings. The molecule has 2 aromatic rings. The largest absolute Gasteiger partial charge is 0.398 e. The molecule has 0 aromatic heterocycles. The highest BCUT2D eigenvalue weighted by molar-refractivity contribution is 9.10. The van der Waals surface area contributed by atoms with Crippen molar-refractivity contribution in [1.29, 1.82) is 0 Å². The highest BCUT2D eigenvalue weighted by Gasteiger charge is 2.06. The van der Waals surface area contributed by atoms with E-state index in [4.69, 9.17) is 5.73 Å². The van der Waals surface area contributed by atoms with E-state index in [1.54, 1.807) is 30.0 Å². The van der Waals surface area contributed by atoms with Crippen molar-refractivity contribution in [2.45, 2.75) is 4.90 Å². The van der Waals surface area contributed by atoms with Crippen LogP contribution in [-0.2, 0) is 0 Å². The third kappa shape index (κ3) is 4.28. The second-order valence-corrected chi connectivity index (χ2v) is 6.18. The minimum Gasteiger partial charge on any atom is -0.398 e. The first-order chi connectivity index (χ1) is 9.66. The van der Waals surface area contributed by atoms with Gasteiger partial charge >= 0.3 is 0 Å². The zero-order valence-electron chi connectivity index (χ0n) is 10.8. The predicted molar refractivity (Wildman–Crippen MR) is 88.1 cm³/mol. The van der Waals surface area contributed by atoms with Crippen LogP contribution in [0.4, 0.5) is 5.69 Å². The molecule has 0 atom stereocenters. The molecule has 104 valence electrons. The summed E-state index contributed by atoms with van der Waals surface area (Å²) in [5, 5.41) is 2.89. The molecule has 1 amide bonds. The van der Waals surface area contributed by atoms with Gasteiger partial charge in [-0.25, -0.2) is 0 Å². The molecule has 0 fully saturated rings. The van der Waals surface area contributed by atoms with Crippen LogP contribution in [0.3, 0.4) is 0 Å². The number of benzene rings is 2. The van der Waals surface area contributed by atoms with E-state index in [1.807, 2.05) is 18.2 Å². The molecular formula is C15H15BrN2OS. The zero-order valence-corrected chi connectivity index (χ0v) is 13.2. The van der Waals surface area contributed by atoms with Gasteiger partial charge in [0, 0.05) is 32.9 Å². The summed E-state index contributed by atoms with van der Waals surface area (Å²) >= 11 is 5.02. The van der Waals surface area contributed by atoms with Crippen molar-refractivity contribution in [1.82, 2.24) is 5.32 Å². The van der Waals surface area contributed by atoms with Crippen LogP contribution in [0, 0.1) is 0 Å². The van der Waals surface area contributed by atoms with Gasteiger partial charge in [-0.2, -0.15) is 0 Å². The van der Waals surface area contributed by atoms with E-state index in [0.717, 1.165) is 10.2 Å². The number of carbonyl (C=O) groups is 1. The second kappa shape index (κ2) is 7.36. The number of nitrogens with two attached hydrogens (primary N) is 1. The molecular weight excluding hydrogens is 336 g/mol. The fourth-order valence-corrected chi connectivity index (χ4v) is 2.67. The Kier molecular flexibility index (Phi) is 5.49. The van der Waals surface area contributed by atoms with Crippen molar-refractivity contribution in [3.63, 3.8) is 0 Å². The van der Waals surface area contributed by atoms with Crippen LogP contribution in [0.1, 0.15) is 10.4 Å². The Hall–Kier alpha value is -1.46. The predicted octanol–water partition coefficient (Wildman–Crippen LogP) is 3.55. The number of amides is 1. The van der Waals surface area contributed by atoms with E-state index in [1.165, 1.54) is 4.90 Å². The molecule has 5 heteroatoms. The monoisotopic (exact) mass is 350 g/mol. The first-order valence-electron chi connectivity index (χ1n) is 6.18. The van der Waals surface area contributed by atoms with Gasteiger partial charge in [-0.05, 0) is 46.3 Å². The van der Waals surface area contributed by atoms with Crippen molar-refractivity contribution in [2.24, 2.45) is 0 Å². The van der Waals surface area contributed by atoms with Gasteiger partial charge in [0.15, 0.2) is 0 Å². The summed E-state index contributed by atoms with van der Waals surface area (Å²) < 4.78 is 0.800. The molecule has 0 spiro atoms. The van der Waals surface area contributed by atoms with E-state index in [-0.39, 0.29) is 5.91 Å². The first-order valence-corrected chi connectivity index (χ1v) is 7.96. The number of carbonyl (C=O) groups excluding carboxylic acids is 1. The average molecular weight is 351 g/mol. The number of rotatable bonds is 5. The minimum atomic E-state index is -0.0992. The van der Waals surface area contributed by atoms with Crippen LogP contribution in [0.2, 0.25) is 0 Å². The minimum absolute atomic E-state index is 0.0992. The normalized spacial score (nSPS) is 10.2. The fourth-order valence-electron chi connectivity index (χ4n) is 1.64. The molecule has 0 saturated carbocycles. The summed E-state index contributed by atoms with van der Waals surface area (Å²) in [6, 6.07) is 15.3. The van der Waals surface area contributed by atoms with Gasteiger partial charge in [0.1, 0.15) is 0 Å². The summed E-state index contributed by atoms with van der Waals surface area (Å²) in [4.78, 5) is 13.1. The van der Waals surface area contributed by atoms with Crippen LogP contribution in [0.5, 0.6) is 0 Å². The summed E-state index contributed by atoms with van der Waals surface area (Å²) in [5.74, 6) is 0.736. The maximum Gasteiger partial charge on any atom is 0.251 e. The lowest BCUT2D eigenvalue weighted by Gasteiger charge is -2.06. The van der Waals surface area contributed by atoms with Gasteiger partial charge in [-0.1, -0.05) is 18.2 Å². The molecule has 2 rings (SSSR count). The standard InChI is InChI=1S/C15H15BrN2OS/c16-13-7-6-11(10-14(13)17)15(19)18-8-9-20-12-4-2-1-3-5-12/h1-7,10H,8-9,17H2,(H,18,19). The van der Waals surface area contributed by atoms with E-state index < -0.39 is 0 Å². The van der Waals surface area contributed by atoms with Gasteiger partial charge in [-0.15, -0.1) is 11.8 Å². The van der Waals surface area contributed by atoms with Gasteiger partial charge in [0.25, 0.3) is 5.91 Å². The van der Waals surface area contributed by atoms with E-state index in [2.05, 4.69) is 33.4 Å². The number of halogens is 1. The second-order valence-electron chi connectivity index (χ2n) is 4.15. The van der Waals surface area contributed by atoms with Gasteiger partial charge in [-0.3, -0.25) is 4.79 Å². The SMILES string of the molecule is Nc1cc(C(=O)NCCSc2ccccc2)ccc1Br. The van der Waals surface area contributed by atoms with Crippen LogP contribution >= 0.6 is 27.7 Å². The summed E-state index contributed by atoms with van der Waals surface area (Å²) in [7, 11) is 0. The van der Waals surface area contributed by atoms with Crippen molar-refractivity contribution in [3.05, 3.63) is 58.6 Å². The Bertz CT molecular complexity index is 590. The van der Waals surface area contributed by atoms with Crippen molar-refractivity contribution in [2.75, 3.05) is 18.0 Å². The van der Waals surface area contributed by atoms with Gasteiger partial charge in [0.2, 0.25) is 0 Å². The van der Waals surface area contributed by atoms with E-state index in [9.17, 15) is 4.79 Å². The molecule has 0 aliphatic heterocycles. The molecule has 0 unspecified atom stereocenters. The zero-order chi connectivity index (χ0) is 14.4. The highest BCUT2D eigenvalue weighted by atomic mass is 79.9. The third-order valence-corrected chi connectivity index (χ3v) is 4.39. The van der Waals surface area contributed by atoms with Gasteiger partial charge in [0.05, 0.1) is 0 Å². The van der Waals surface area contributed by atoms with Crippen molar-refractivity contribution < 1.29 is 4.79 Å². The Morgan fingerprint density at radius 1 is 1.20 bits per heavy atom. The van der Waals surface area contributed by atoms with Crippen LogP contribution in [0.15, 0.2) is 57.9 Å². The highest BCUT2D eigenvalue weighted by Crippen LogP contribution is 2.20. The molecule has 0 radical (unpaired) electrons. The van der Waals surface area contributed by atoms with Crippen LogP contribution in [-0.4, -0.2) is 18.2 Å². The fraction of sp³-hybridized carbons (Fsp3) is 0.133. The average Bonchev–Trinajstić information content (AvgIpc) is 2.47. The Balaban J connectivity index is 1.79. The summed E-state index contributed by atoms with van der Waals surface area (Å²) in [5.41, 5.74) is 6.90. The van der Waals surface area contributed by atoms with Crippen molar-refractivity contribution in [3.8, 4) is 0 Å². The smallest absolute Gasteiger partial charge is 0.251 e. The molecule has 0 bridgehead atoms. The Morgan fingerprint density at radius 3 is 2.65 bits per heavy atom. The third-order valence-electron chi connectivity index (χ3n) is 2.66. The van der Waals surface area contributed by atoms with Crippen LogP contribution < -0.4 is 11.1 Å². The summed E-state index contributed by atoms with van der Waals surface area (Å²) in [6.07, 6.45) is 0. The lowest BCUT2D eigenvalue weighted by atomic mass is 10.2. The number of hydrogen-bond donors (Lipinski definition) is 2. The lowest BCUT2D eigenvalue weighted by molar-refractivity contribution is 0.0956.